The minimum absolute atomic E-state index is 0.0367. The van der Waals surface area contributed by atoms with Crippen molar-refractivity contribution in [2.45, 2.75) is 13.3 Å². The Morgan fingerprint density at radius 1 is 1.29 bits per heavy atom. The average molecular weight is 306 g/mol. The van der Waals surface area contributed by atoms with Crippen molar-refractivity contribution in [3.8, 4) is 5.75 Å². The van der Waals surface area contributed by atoms with Gasteiger partial charge in [0, 0.05) is 12.6 Å². The first-order valence-corrected chi connectivity index (χ1v) is 7.54. The van der Waals surface area contributed by atoms with Gasteiger partial charge in [0.05, 0.1) is 6.61 Å². The number of benzene rings is 1. The summed E-state index contributed by atoms with van der Waals surface area (Å²) in [5, 5.41) is 2.82. The van der Waals surface area contributed by atoms with Crippen LogP contribution >= 0.6 is 11.3 Å². The number of nitrogens with zero attached hydrogens (tertiary/aromatic N) is 1. The summed E-state index contributed by atoms with van der Waals surface area (Å²) in [6.45, 7) is 2.56. The van der Waals surface area contributed by atoms with Gasteiger partial charge < -0.3 is 10.6 Å². The standard InChI is InChI=1S/C15H18N2O3S/c1-12(18)17(15-4-2-11-21-15)13-5-7-14(8-6-13)20-19-10-3-9-16/h2,4-8,11H,3,9-10,16H2,1H3. The van der Waals surface area contributed by atoms with Crippen LogP contribution in [0.4, 0.5) is 10.7 Å². The number of thiophene rings is 1. The molecule has 0 aliphatic heterocycles. The number of carbonyl (C=O) groups excluding carboxylic acids is 1. The molecule has 1 heterocycles. The van der Waals surface area contributed by atoms with Crippen molar-refractivity contribution in [3.05, 3.63) is 41.8 Å². The van der Waals surface area contributed by atoms with Crippen LogP contribution in [-0.2, 0) is 9.68 Å². The molecule has 0 fully saturated rings. The Morgan fingerprint density at radius 2 is 2.05 bits per heavy atom. The summed E-state index contributed by atoms with van der Waals surface area (Å²) in [6, 6.07) is 11.0. The second-order valence-corrected chi connectivity index (χ2v) is 5.27. The fourth-order valence-electron chi connectivity index (χ4n) is 1.76. The molecule has 0 spiro atoms. The summed E-state index contributed by atoms with van der Waals surface area (Å²) in [4.78, 5) is 23.7. The molecular weight excluding hydrogens is 288 g/mol. The molecule has 0 aliphatic carbocycles. The SMILES string of the molecule is CC(=O)N(c1ccc(OOCCCN)cc1)c1cccs1. The number of hydrogen-bond acceptors (Lipinski definition) is 5. The van der Waals surface area contributed by atoms with E-state index in [0.29, 0.717) is 18.9 Å². The molecule has 112 valence electrons. The summed E-state index contributed by atoms with van der Waals surface area (Å²) in [6.07, 6.45) is 0.745. The number of nitrogens with two attached hydrogens (primary N) is 1. The molecule has 5 nitrogen and oxygen atoms in total. The maximum absolute atomic E-state index is 11.8. The van der Waals surface area contributed by atoms with Crippen LogP contribution in [0.1, 0.15) is 13.3 Å². The highest BCUT2D eigenvalue weighted by molar-refractivity contribution is 7.14. The molecule has 1 amide bonds. The van der Waals surface area contributed by atoms with E-state index in [2.05, 4.69) is 0 Å². The Balaban J connectivity index is 2.04. The van der Waals surface area contributed by atoms with Crippen LogP contribution in [0.15, 0.2) is 41.8 Å². The molecule has 2 N–H and O–H groups in total. The van der Waals surface area contributed by atoms with Crippen molar-refractivity contribution in [2.24, 2.45) is 5.73 Å². The Kier molecular flexibility index (Phi) is 5.74. The topological polar surface area (TPSA) is 64.8 Å². The lowest BCUT2D eigenvalue weighted by Gasteiger charge is -2.19. The minimum Gasteiger partial charge on any atom is -0.338 e. The van der Waals surface area contributed by atoms with Gasteiger partial charge in [0.15, 0.2) is 5.75 Å². The molecule has 2 rings (SSSR count). The van der Waals surface area contributed by atoms with Crippen LogP contribution in [0, 0.1) is 0 Å². The zero-order chi connectivity index (χ0) is 15.1. The van der Waals surface area contributed by atoms with E-state index < -0.39 is 0 Å². The zero-order valence-electron chi connectivity index (χ0n) is 11.8. The largest absolute Gasteiger partial charge is 0.338 e. The Morgan fingerprint density at radius 3 is 2.62 bits per heavy atom. The molecule has 1 aromatic heterocycles. The van der Waals surface area contributed by atoms with Crippen LogP contribution in [0.2, 0.25) is 0 Å². The second kappa shape index (κ2) is 7.78. The number of carbonyl (C=O) groups is 1. The first-order chi connectivity index (χ1) is 10.2. The van der Waals surface area contributed by atoms with Crippen molar-refractivity contribution >= 4 is 27.9 Å². The summed E-state index contributed by atoms with van der Waals surface area (Å²) in [7, 11) is 0. The molecule has 0 saturated heterocycles. The van der Waals surface area contributed by atoms with Crippen molar-refractivity contribution in [2.75, 3.05) is 18.1 Å². The third-order valence-electron chi connectivity index (χ3n) is 2.72. The third kappa shape index (κ3) is 4.29. The lowest BCUT2D eigenvalue weighted by atomic mass is 10.2. The third-order valence-corrected chi connectivity index (χ3v) is 3.58. The molecule has 6 heteroatoms. The first-order valence-electron chi connectivity index (χ1n) is 6.66. The van der Waals surface area contributed by atoms with E-state index in [1.807, 2.05) is 29.6 Å². The lowest BCUT2D eigenvalue weighted by Crippen LogP contribution is -2.21. The molecule has 0 bridgehead atoms. The van der Waals surface area contributed by atoms with E-state index in [9.17, 15) is 4.79 Å². The Bertz CT molecular complexity index is 555. The van der Waals surface area contributed by atoms with Gasteiger partial charge in [-0.1, -0.05) is 0 Å². The summed E-state index contributed by atoms with van der Waals surface area (Å²) < 4.78 is 0. The molecule has 0 saturated carbocycles. The molecule has 2 aromatic rings. The fraction of sp³-hybridized carbons (Fsp3) is 0.267. The minimum atomic E-state index is -0.0367. The molecule has 0 aliphatic rings. The molecule has 0 radical (unpaired) electrons. The second-order valence-electron chi connectivity index (χ2n) is 4.35. The summed E-state index contributed by atoms with van der Waals surface area (Å²) >= 11 is 1.52. The summed E-state index contributed by atoms with van der Waals surface area (Å²) in [5.41, 5.74) is 6.15. The van der Waals surface area contributed by atoms with Crippen LogP contribution < -0.4 is 15.5 Å². The van der Waals surface area contributed by atoms with Gasteiger partial charge in [-0.3, -0.25) is 9.69 Å². The highest BCUT2D eigenvalue weighted by Crippen LogP contribution is 2.30. The number of amides is 1. The number of anilines is 2. The van der Waals surface area contributed by atoms with Crippen molar-refractivity contribution in [1.29, 1.82) is 0 Å². The van der Waals surface area contributed by atoms with Crippen LogP contribution in [0.5, 0.6) is 5.75 Å². The maximum atomic E-state index is 11.8. The van der Waals surface area contributed by atoms with Crippen molar-refractivity contribution in [1.82, 2.24) is 0 Å². The summed E-state index contributed by atoms with van der Waals surface area (Å²) in [5.74, 6) is 0.552. The van der Waals surface area contributed by atoms with Crippen molar-refractivity contribution in [3.63, 3.8) is 0 Å². The van der Waals surface area contributed by atoms with E-state index in [4.69, 9.17) is 15.5 Å². The predicted octanol–water partition coefficient (Wildman–Crippen LogP) is 3.09. The smallest absolute Gasteiger partial charge is 0.229 e. The monoisotopic (exact) mass is 306 g/mol. The molecular formula is C15H18N2O3S. The Labute approximate surface area is 127 Å². The zero-order valence-corrected chi connectivity index (χ0v) is 12.6. The van der Waals surface area contributed by atoms with E-state index in [0.717, 1.165) is 17.1 Å². The first kappa shape index (κ1) is 15.5. The molecule has 0 unspecified atom stereocenters. The number of rotatable bonds is 7. The van der Waals surface area contributed by atoms with Crippen LogP contribution in [0.3, 0.4) is 0 Å². The normalized spacial score (nSPS) is 10.4. The predicted molar refractivity (Wildman–Crippen MR) is 83.8 cm³/mol. The molecule has 1 aromatic carbocycles. The van der Waals surface area contributed by atoms with E-state index in [1.54, 1.807) is 24.0 Å². The van der Waals surface area contributed by atoms with Gasteiger partial charge in [-0.25, -0.2) is 0 Å². The highest BCUT2D eigenvalue weighted by atomic mass is 32.1. The van der Waals surface area contributed by atoms with Crippen LogP contribution in [-0.4, -0.2) is 19.1 Å². The quantitative estimate of drug-likeness (QED) is 0.485. The van der Waals surface area contributed by atoms with Gasteiger partial charge in [-0.2, -0.15) is 4.89 Å². The fourth-order valence-corrected chi connectivity index (χ4v) is 2.56. The maximum Gasteiger partial charge on any atom is 0.229 e. The van der Waals surface area contributed by atoms with Gasteiger partial charge in [-0.15, -0.1) is 11.3 Å². The molecule has 21 heavy (non-hydrogen) atoms. The highest BCUT2D eigenvalue weighted by Gasteiger charge is 2.14. The average Bonchev–Trinajstić information content (AvgIpc) is 2.99. The van der Waals surface area contributed by atoms with Gasteiger partial charge in [-0.05, 0) is 54.7 Å². The van der Waals surface area contributed by atoms with Gasteiger partial charge >= 0.3 is 0 Å². The van der Waals surface area contributed by atoms with Gasteiger partial charge in [0.2, 0.25) is 5.91 Å². The van der Waals surface area contributed by atoms with Gasteiger partial charge in [0.1, 0.15) is 5.00 Å². The lowest BCUT2D eigenvalue weighted by molar-refractivity contribution is -0.206. The Hall–Kier alpha value is -1.89. The number of hydrogen-bond donors (Lipinski definition) is 1. The van der Waals surface area contributed by atoms with E-state index in [1.165, 1.54) is 11.3 Å². The van der Waals surface area contributed by atoms with Gasteiger partial charge in [0.25, 0.3) is 0 Å². The molecule has 0 atom stereocenters. The van der Waals surface area contributed by atoms with Crippen molar-refractivity contribution < 1.29 is 14.6 Å². The van der Waals surface area contributed by atoms with Crippen LogP contribution in [0.25, 0.3) is 0 Å². The van der Waals surface area contributed by atoms with E-state index in [-0.39, 0.29) is 5.91 Å². The van der Waals surface area contributed by atoms with E-state index >= 15 is 0 Å².